The van der Waals surface area contributed by atoms with Crippen molar-refractivity contribution in [3.63, 3.8) is 0 Å². The quantitative estimate of drug-likeness (QED) is 0.695. The maximum atomic E-state index is 5.34. The zero-order chi connectivity index (χ0) is 16.9. The second kappa shape index (κ2) is 7.27. The molecule has 0 aliphatic carbocycles. The van der Waals surface area contributed by atoms with Crippen molar-refractivity contribution >= 4 is 28.7 Å². The fraction of sp³-hybridized carbons (Fsp3) is 0.158. The number of aryl methyl sites for hydroxylation is 2. The highest BCUT2D eigenvalue weighted by Crippen LogP contribution is 2.13. The van der Waals surface area contributed by atoms with Crippen LogP contribution in [0.2, 0.25) is 0 Å². The predicted molar refractivity (Wildman–Crippen MR) is 104 cm³/mol. The van der Waals surface area contributed by atoms with Crippen LogP contribution in [0, 0.1) is 13.8 Å². The topological polar surface area (TPSA) is 41.9 Å². The smallest absolute Gasteiger partial charge is 0.175 e. The summed E-state index contributed by atoms with van der Waals surface area (Å²) >= 11 is 5.34. The van der Waals surface area contributed by atoms with Crippen molar-refractivity contribution in [1.82, 2.24) is 9.78 Å². The van der Waals surface area contributed by atoms with E-state index in [0.717, 1.165) is 23.6 Å². The number of para-hydroxylation sites is 1. The summed E-state index contributed by atoms with van der Waals surface area (Å²) in [6.45, 7) is 4.85. The highest BCUT2D eigenvalue weighted by atomic mass is 32.1. The van der Waals surface area contributed by atoms with Gasteiger partial charge in [-0.25, -0.2) is 0 Å². The monoisotopic (exact) mass is 336 g/mol. The molecular weight excluding hydrogens is 316 g/mol. The molecule has 0 atom stereocenters. The normalized spacial score (nSPS) is 10.4. The molecule has 2 N–H and O–H groups in total. The largest absolute Gasteiger partial charge is 0.332 e. The number of aromatic nitrogens is 2. The summed E-state index contributed by atoms with van der Waals surface area (Å²) in [5.41, 5.74) is 5.34. The second-order valence-corrected chi connectivity index (χ2v) is 6.14. The molecule has 3 rings (SSSR count). The standard InChI is InChI=1S/C19H20N4S/c1-14-12-15(2)23(22-14)13-16-8-10-18(11-9-16)21-19(24)20-17-6-4-3-5-7-17/h3-12H,13H2,1-2H3,(H2,20,21,24). The summed E-state index contributed by atoms with van der Waals surface area (Å²) in [5, 5.41) is 11.4. The van der Waals surface area contributed by atoms with E-state index >= 15 is 0 Å². The Hall–Kier alpha value is -2.66. The van der Waals surface area contributed by atoms with Gasteiger partial charge in [0.05, 0.1) is 12.2 Å². The van der Waals surface area contributed by atoms with Crippen molar-refractivity contribution < 1.29 is 0 Å². The predicted octanol–water partition coefficient (Wildman–Crippen LogP) is 4.36. The molecule has 122 valence electrons. The lowest BCUT2D eigenvalue weighted by Crippen LogP contribution is -2.18. The van der Waals surface area contributed by atoms with Crippen molar-refractivity contribution in [3.05, 3.63) is 77.6 Å². The number of hydrogen-bond acceptors (Lipinski definition) is 2. The summed E-state index contributed by atoms with van der Waals surface area (Å²) in [6, 6.07) is 20.2. The molecule has 0 aliphatic heterocycles. The number of anilines is 2. The van der Waals surface area contributed by atoms with Gasteiger partial charge in [0.1, 0.15) is 0 Å². The molecule has 2 aromatic carbocycles. The summed E-state index contributed by atoms with van der Waals surface area (Å²) in [7, 11) is 0. The minimum atomic E-state index is 0.576. The van der Waals surface area contributed by atoms with Gasteiger partial charge < -0.3 is 10.6 Å². The first-order chi connectivity index (χ1) is 11.6. The van der Waals surface area contributed by atoms with Gasteiger partial charge in [-0.2, -0.15) is 5.10 Å². The molecule has 1 heterocycles. The zero-order valence-corrected chi connectivity index (χ0v) is 14.6. The summed E-state index contributed by atoms with van der Waals surface area (Å²) in [4.78, 5) is 0. The molecule has 0 unspecified atom stereocenters. The second-order valence-electron chi connectivity index (χ2n) is 5.73. The zero-order valence-electron chi connectivity index (χ0n) is 13.8. The molecule has 0 radical (unpaired) electrons. The van der Waals surface area contributed by atoms with Crippen LogP contribution in [0.5, 0.6) is 0 Å². The van der Waals surface area contributed by atoms with E-state index in [2.05, 4.69) is 40.9 Å². The van der Waals surface area contributed by atoms with Gasteiger partial charge >= 0.3 is 0 Å². The van der Waals surface area contributed by atoms with Gasteiger partial charge in [-0.15, -0.1) is 0 Å². The summed E-state index contributed by atoms with van der Waals surface area (Å²) in [6.07, 6.45) is 0. The van der Waals surface area contributed by atoms with E-state index in [9.17, 15) is 0 Å². The number of hydrogen-bond donors (Lipinski definition) is 2. The van der Waals surface area contributed by atoms with Gasteiger partial charge in [-0.1, -0.05) is 30.3 Å². The molecule has 0 saturated heterocycles. The molecule has 0 bridgehead atoms. The van der Waals surface area contributed by atoms with E-state index in [0.29, 0.717) is 5.11 Å². The maximum absolute atomic E-state index is 5.34. The van der Waals surface area contributed by atoms with E-state index in [-0.39, 0.29) is 0 Å². The molecule has 4 nitrogen and oxygen atoms in total. The first-order valence-electron chi connectivity index (χ1n) is 7.83. The minimum Gasteiger partial charge on any atom is -0.332 e. The van der Waals surface area contributed by atoms with Crippen molar-refractivity contribution in [2.45, 2.75) is 20.4 Å². The van der Waals surface area contributed by atoms with Crippen LogP contribution in [-0.4, -0.2) is 14.9 Å². The minimum absolute atomic E-state index is 0.576. The maximum Gasteiger partial charge on any atom is 0.175 e. The highest BCUT2D eigenvalue weighted by molar-refractivity contribution is 7.80. The number of rotatable bonds is 4. The van der Waals surface area contributed by atoms with Gasteiger partial charge in [0.15, 0.2) is 5.11 Å². The number of benzene rings is 2. The van der Waals surface area contributed by atoms with Crippen molar-refractivity contribution in [2.75, 3.05) is 10.6 Å². The first kappa shape index (κ1) is 16.2. The van der Waals surface area contributed by atoms with Crippen LogP contribution in [0.4, 0.5) is 11.4 Å². The van der Waals surface area contributed by atoms with Crippen LogP contribution >= 0.6 is 12.2 Å². The summed E-state index contributed by atoms with van der Waals surface area (Å²) in [5.74, 6) is 0. The Morgan fingerprint density at radius 3 is 2.17 bits per heavy atom. The fourth-order valence-electron chi connectivity index (χ4n) is 2.52. The molecule has 3 aromatic rings. The molecule has 0 spiro atoms. The first-order valence-corrected chi connectivity index (χ1v) is 8.24. The third kappa shape index (κ3) is 4.20. The Labute approximate surface area is 147 Å². The van der Waals surface area contributed by atoms with Crippen molar-refractivity contribution in [1.29, 1.82) is 0 Å². The van der Waals surface area contributed by atoms with Gasteiger partial charge in [0.2, 0.25) is 0 Å². The molecule has 0 aliphatic rings. The van der Waals surface area contributed by atoms with E-state index in [1.165, 1.54) is 11.3 Å². The molecule has 0 fully saturated rings. The molecule has 0 amide bonds. The van der Waals surface area contributed by atoms with E-state index < -0.39 is 0 Å². The third-order valence-corrected chi connectivity index (χ3v) is 3.88. The Kier molecular flexibility index (Phi) is 4.91. The molecule has 1 aromatic heterocycles. The van der Waals surface area contributed by atoms with Crippen LogP contribution in [0.15, 0.2) is 60.7 Å². The van der Waals surface area contributed by atoms with Crippen LogP contribution in [0.25, 0.3) is 0 Å². The number of thiocarbonyl (C=S) groups is 1. The average molecular weight is 336 g/mol. The Bertz CT molecular complexity index is 822. The van der Waals surface area contributed by atoms with E-state index in [1.54, 1.807) is 0 Å². The van der Waals surface area contributed by atoms with Gasteiger partial charge in [0, 0.05) is 17.1 Å². The number of nitrogens with one attached hydrogen (secondary N) is 2. The molecule has 5 heteroatoms. The van der Waals surface area contributed by atoms with Crippen LogP contribution in [-0.2, 0) is 6.54 Å². The van der Waals surface area contributed by atoms with Crippen LogP contribution in [0.1, 0.15) is 17.0 Å². The third-order valence-electron chi connectivity index (χ3n) is 3.68. The van der Waals surface area contributed by atoms with Crippen LogP contribution < -0.4 is 10.6 Å². The van der Waals surface area contributed by atoms with E-state index in [4.69, 9.17) is 12.2 Å². The highest BCUT2D eigenvalue weighted by Gasteiger charge is 2.03. The lowest BCUT2D eigenvalue weighted by molar-refractivity contribution is 0.659. The molecular formula is C19H20N4S. The van der Waals surface area contributed by atoms with Crippen LogP contribution in [0.3, 0.4) is 0 Å². The van der Waals surface area contributed by atoms with Crippen molar-refractivity contribution in [2.24, 2.45) is 0 Å². The summed E-state index contributed by atoms with van der Waals surface area (Å²) < 4.78 is 2.01. The fourth-order valence-corrected chi connectivity index (χ4v) is 2.75. The SMILES string of the molecule is Cc1cc(C)n(Cc2ccc(NC(=S)Nc3ccccc3)cc2)n1. The average Bonchev–Trinajstić information content (AvgIpc) is 2.87. The Balaban J connectivity index is 1.60. The molecule has 24 heavy (non-hydrogen) atoms. The number of nitrogens with zero attached hydrogens (tertiary/aromatic N) is 2. The lowest BCUT2D eigenvalue weighted by Gasteiger charge is -2.11. The van der Waals surface area contributed by atoms with E-state index in [1.807, 2.05) is 54.1 Å². The Morgan fingerprint density at radius 1 is 0.958 bits per heavy atom. The molecule has 0 saturated carbocycles. The lowest BCUT2D eigenvalue weighted by atomic mass is 10.2. The van der Waals surface area contributed by atoms with Gasteiger partial charge in [0.25, 0.3) is 0 Å². The van der Waals surface area contributed by atoms with Gasteiger partial charge in [-0.05, 0) is 62.0 Å². The Morgan fingerprint density at radius 2 is 1.58 bits per heavy atom. The van der Waals surface area contributed by atoms with Gasteiger partial charge in [-0.3, -0.25) is 4.68 Å². The van der Waals surface area contributed by atoms with Crippen molar-refractivity contribution in [3.8, 4) is 0 Å².